The van der Waals surface area contributed by atoms with Crippen LogP contribution >= 0.6 is 11.6 Å². The standard InChI is InChI=1S/C28H30ClF5N8O/c1-13-20(28(32,33)34)23(38-25(35)36-13)19-18(29)7-17-22(21(19)31)39-26(40-24(17)41-10-15-3-4-16(11-41)37-15)43-12-27-5-2-6-42(27)9-14(30)8-27/h7,14-16,37H,2-6,8-12H2,1H3,(H2,35,36,38)/t14-,15?,16?,27+/m1/s1. The fourth-order valence-corrected chi connectivity index (χ4v) is 7.70. The maximum Gasteiger partial charge on any atom is 0.420 e. The Morgan fingerprint density at radius 3 is 2.60 bits per heavy atom. The number of rotatable bonds is 5. The van der Waals surface area contributed by atoms with Gasteiger partial charge in [-0.2, -0.15) is 23.1 Å². The molecule has 2 unspecified atom stereocenters. The van der Waals surface area contributed by atoms with Crippen molar-refractivity contribution >= 4 is 34.3 Å². The molecule has 6 heterocycles. The van der Waals surface area contributed by atoms with Crippen LogP contribution in [-0.2, 0) is 6.18 Å². The van der Waals surface area contributed by atoms with Gasteiger partial charge in [0.15, 0.2) is 5.82 Å². The van der Waals surface area contributed by atoms with Gasteiger partial charge in [0.1, 0.15) is 29.7 Å². The van der Waals surface area contributed by atoms with Gasteiger partial charge in [-0.15, -0.1) is 0 Å². The Morgan fingerprint density at radius 2 is 1.88 bits per heavy atom. The van der Waals surface area contributed by atoms with Crippen LogP contribution in [0.3, 0.4) is 0 Å². The maximum atomic E-state index is 16.6. The van der Waals surface area contributed by atoms with E-state index in [-0.39, 0.29) is 40.6 Å². The molecule has 7 rings (SSSR count). The largest absolute Gasteiger partial charge is 0.461 e. The van der Waals surface area contributed by atoms with Crippen molar-refractivity contribution in [1.29, 1.82) is 0 Å². The summed E-state index contributed by atoms with van der Waals surface area (Å²) in [5, 5.41) is 3.47. The van der Waals surface area contributed by atoms with E-state index in [0.29, 0.717) is 31.9 Å². The predicted molar refractivity (Wildman–Crippen MR) is 150 cm³/mol. The molecule has 15 heteroatoms. The van der Waals surface area contributed by atoms with E-state index in [2.05, 4.69) is 30.2 Å². The maximum absolute atomic E-state index is 16.6. The molecule has 43 heavy (non-hydrogen) atoms. The zero-order valence-electron chi connectivity index (χ0n) is 23.3. The molecular weight excluding hydrogens is 595 g/mol. The number of halogens is 6. The molecule has 4 saturated heterocycles. The third kappa shape index (κ3) is 4.91. The molecule has 4 atom stereocenters. The van der Waals surface area contributed by atoms with Crippen molar-refractivity contribution in [3.8, 4) is 17.3 Å². The molecule has 230 valence electrons. The van der Waals surface area contributed by atoms with Gasteiger partial charge in [-0.05, 0) is 45.2 Å². The van der Waals surface area contributed by atoms with Gasteiger partial charge in [0.2, 0.25) is 5.95 Å². The Hall–Kier alpha value is -3.10. The summed E-state index contributed by atoms with van der Waals surface area (Å²) in [6.45, 7) is 3.49. The molecule has 0 radical (unpaired) electrons. The number of aromatic nitrogens is 4. The summed E-state index contributed by atoms with van der Waals surface area (Å²) in [4.78, 5) is 20.6. The fourth-order valence-electron chi connectivity index (χ4n) is 7.41. The zero-order chi connectivity index (χ0) is 30.3. The van der Waals surface area contributed by atoms with Crippen LogP contribution in [0.1, 0.15) is 43.4 Å². The van der Waals surface area contributed by atoms with E-state index < -0.39 is 52.2 Å². The number of hydrogen-bond donors (Lipinski definition) is 2. The number of nitrogens with one attached hydrogen (secondary N) is 1. The molecule has 0 amide bonds. The van der Waals surface area contributed by atoms with Crippen LogP contribution in [0.4, 0.5) is 33.7 Å². The first kappa shape index (κ1) is 28.7. The molecule has 3 N–H and O–H groups in total. The van der Waals surface area contributed by atoms with Gasteiger partial charge in [-0.25, -0.2) is 18.7 Å². The van der Waals surface area contributed by atoms with E-state index in [1.54, 1.807) is 0 Å². The van der Waals surface area contributed by atoms with Gasteiger partial charge in [-0.3, -0.25) is 4.90 Å². The molecule has 4 fully saturated rings. The van der Waals surface area contributed by atoms with E-state index >= 15 is 4.39 Å². The highest BCUT2D eigenvalue weighted by Gasteiger charge is 2.49. The van der Waals surface area contributed by atoms with Crippen molar-refractivity contribution in [3.63, 3.8) is 0 Å². The number of nitrogen functional groups attached to an aromatic ring is 1. The Labute approximate surface area is 249 Å². The number of hydrogen-bond acceptors (Lipinski definition) is 9. The number of fused-ring (bicyclic) bond motifs is 4. The Bertz CT molecular complexity index is 1600. The summed E-state index contributed by atoms with van der Waals surface area (Å²) in [6.07, 6.45) is -1.96. The first-order valence-electron chi connectivity index (χ1n) is 14.4. The third-order valence-corrected chi connectivity index (χ3v) is 9.51. The lowest BCUT2D eigenvalue weighted by molar-refractivity contribution is -0.138. The predicted octanol–water partition coefficient (Wildman–Crippen LogP) is 4.68. The topological polar surface area (TPSA) is 105 Å². The highest BCUT2D eigenvalue weighted by molar-refractivity contribution is 6.34. The second-order valence-corrected chi connectivity index (χ2v) is 12.5. The lowest BCUT2D eigenvalue weighted by atomic mass is 9.95. The minimum Gasteiger partial charge on any atom is -0.461 e. The summed E-state index contributed by atoms with van der Waals surface area (Å²) < 4.78 is 79.5. The number of nitrogens with zero attached hydrogens (tertiary/aromatic N) is 6. The number of alkyl halides is 4. The Morgan fingerprint density at radius 1 is 1.14 bits per heavy atom. The molecule has 0 spiro atoms. The Balaban J connectivity index is 1.38. The van der Waals surface area contributed by atoms with Crippen molar-refractivity contribution < 1.29 is 26.7 Å². The number of benzene rings is 1. The van der Waals surface area contributed by atoms with Gasteiger partial charge in [0.25, 0.3) is 0 Å². The van der Waals surface area contributed by atoms with E-state index in [4.69, 9.17) is 22.1 Å². The highest BCUT2D eigenvalue weighted by atomic mass is 35.5. The van der Waals surface area contributed by atoms with Crippen molar-refractivity contribution in [2.45, 2.75) is 69.0 Å². The lowest BCUT2D eigenvalue weighted by Crippen LogP contribution is -2.51. The number of nitrogens with two attached hydrogens (primary N) is 1. The van der Waals surface area contributed by atoms with Gasteiger partial charge in [0.05, 0.1) is 27.5 Å². The fraction of sp³-hybridized carbons (Fsp3) is 0.571. The summed E-state index contributed by atoms with van der Waals surface area (Å²) in [6, 6.07) is 1.65. The van der Waals surface area contributed by atoms with Crippen LogP contribution in [0, 0.1) is 12.7 Å². The molecule has 2 bridgehead atoms. The van der Waals surface area contributed by atoms with Crippen LogP contribution in [0.25, 0.3) is 22.2 Å². The smallest absolute Gasteiger partial charge is 0.420 e. The van der Waals surface area contributed by atoms with E-state index in [0.717, 1.165) is 39.2 Å². The first-order chi connectivity index (χ1) is 20.4. The molecular formula is C28H30ClF5N8O. The monoisotopic (exact) mass is 624 g/mol. The number of anilines is 2. The minimum absolute atomic E-state index is 0.104. The molecule has 3 aromatic rings. The van der Waals surface area contributed by atoms with Crippen molar-refractivity contribution in [2.24, 2.45) is 0 Å². The van der Waals surface area contributed by atoms with Crippen molar-refractivity contribution in [1.82, 2.24) is 30.2 Å². The Kier molecular flexibility index (Phi) is 6.82. The van der Waals surface area contributed by atoms with Gasteiger partial charge in [-0.1, -0.05) is 11.6 Å². The number of piperazine rings is 1. The summed E-state index contributed by atoms with van der Waals surface area (Å²) in [5.41, 5.74) is 1.87. The van der Waals surface area contributed by atoms with Crippen molar-refractivity contribution in [2.75, 3.05) is 43.4 Å². The first-order valence-corrected chi connectivity index (χ1v) is 14.7. The average Bonchev–Trinajstić information content (AvgIpc) is 3.56. The highest BCUT2D eigenvalue weighted by Crippen LogP contribution is 2.45. The van der Waals surface area contributed by atoms with Gasteiger partial charge >= 0.3 is 12.2 Å². The third-order valence-electron chi connectivity index (χ3n) is 9.22. The second kappa shape index (κ2) is 10.2. The summed E-state index contributed by atoms with van der Waals surface area (Å²) in [7, 11) is 0. The summed E-state index contributed by atoms with van der Waals surface area (Å²) in [5.74, 6) is -1.19. The van der Waals surface area contributed by atoms with Crippen LogP contribution in [0.2, 0.25) is 5.02 Å². The molecule has 4 aliphatic heterocycles. The van der Waals surface area contributed by atoms with Crippen molar-refractivity contribution in [3.05, 3.63) is 28.2 Å². The lowest BCUT2D eigenvalue weighted by Gasteiger charge is -2.34. The minimum atomic E-state index is -4.91. The van der Waals surface area contributed by atoms with E-state index in [9.17, 15) is 17.6 Å². The van der Waals surface area contributed by atoms with Gasteiger partial charge < -0.3 is 20.7 Å². The normalized spacial score (nSPS) is 27.3. The molecule has 9 nitrogen and oxygen atoms in total. The van der Waals surface area contributed by atoms with Crippen LogP contribution in [0.5, 0.6) is 6.01 Å². The molecule has 4 aliphatic rings. The molecule has 1 aromatic carbocycles. The summed E-state index contributed by atoms with van der Waals surface area (Å²) >= 11 is 6.54. The molecule has 0 saturated carbocycles. The molecule has 2 aromatic heterocycles. The van der Waals surface area contributed by atoms with Crippen LogP contribution in [0.15, 0.2) is 6.07 Å². The number of ether oxygens (including phenoxy) is 1. The quantitative estimate of drug-likeness (QED) is 0.392. The average molecular weight is 625 g/mol. The van der Waals surface area contributed by atoms with Crippen LogP contribution in [-0.4, -0.2) is 81.4 Å². The van der Waals surface area contributed by atoms with Gasteiger partial charge in [0, 0.05) is 43.5 Å². The van der Waals surface area contributed by atoms with Crippen LogP contribution < -0.4 is 20.7 Å². The van der Waals surface area contributed by atoms with E-state index in [1.165, 1.54) is 6.07 Å². The SMILES string of the molecule is Cc1nc(N)nc(-c2c(Cl)cc3c(N4CC5CCC(C4)N5)nc(OC[C@@]45CCCN4C[C@H](F)C5)nc3c2F)c1C(F)(F)F. The number of aryl methyl sites for hydroxylation is 1. The second-order valence-electron chi connectivity index (χ2n) is 12.1. The van der Waals surface area contributed by atoms with E-state index in [1.807, 2.05) is 4.90 Å². The molecule has 0 aliphatic carbocycles. The zero-order valence-corrected chi connectivity index (χ0v) is 24.1.